The Morgan fingerprint density at radius 2 is 0.921 bits per heavy atom. The second kappa shape index (κ2) is 20.3. The number of benzene rings is 1. The fourth-order valence-electron chi connectivity index (χ4n) is 7.02. The van der Waals surface area contributed by atoms with Crippen molar-refractivity contribution in [2.24, 2.45) is 0 Å². The Hall–Kier alpha value is -0.630. The van der Waals surface area contributed by atoms with Crippen LogP contribution in [0.4, 0.5) is 0 Å². The predicted octanol–water partition coefficient (Wildman–Crippen LogP) is 12.8. The minimum absolute atomic E-state index is 0.585. The maximum atomic E-state index is 11.3. The van der Waals surface area contributed by atoms with Crippen molar-refractivity contribution < 1.29 is 5.11 Å². The molecule has 0 amide bonds. The van der Waals surface area contributed by atoms with Gasteiger partial charge in [0.05, 0.1) is 0 Å². The number of phenolic OH excluding ortho intramolecular Hbond substituents is 1. The van der Waals surface area contributed by atoms with Crippen LogP contribution in [-0.4, -0.2) is 10.9 Å². The average Bonchev–Trinajstić information content (AvgIpc) is 2.96. The maximum absolute atomic E-state index is 11.3. The molecular weight excluding hydrogens is 480 g/mol. The SMILES string of the molecule is CCCCCCCCCCCCCCCCCCSc1cc(C2CCCCC2)c(O)c(C2CCCCC2)c1. The highest BCUT2D eigenvalue weighted by molar-refractivity contribution is 7.99. The summed E-state index contributed by atoms with van der Waals surface area (Å²) in [6.45, 7) is 2.30. The molecule has 1 aromatic carbocycles. The molecule has 0 radical (unpaired) electrons. The highest BCUT2D eigenvalue weighted by Gasteiger charge is 2.25. The van der Waals surface area contributed by atoms with E-state index in [1.165, 1.54) is 189 Å². The van der Waals surface area contributed by atoms with Gasteiger partial charge in [-0.1, -0.05) is 142 Å². The van der Waals surface area contributed by atoms with Crippen molar-refractivity contribution >= 4 is 11.8 Å². The summed E-state index contributed by atoms with van der Waals surface area (Å²) in [5, 5.41) is 11.3. The van der Waals surface area contributed by atoms with E-state index in [-0.39, 0.29) is 0 Å². The average molecular weight is 543 g/mol. The molecule has 0 aromatic heterocycles. The first kappa shape index (κ1) is 31.9. The van der Waals surface area contributed by atoms with E-state index in [2.05, 4.69) is 30.8 Å². The van der Waals surface area contributed by atoms with Gasteiger partial charge in [0.1, 0.15) is 5.75 Å². The molecule has 2 heteroatoms. The quantitative estimate of drug-likeness (QED) is 0.131. The molecule has 3 rings (SSSR count). The monoisotopic (exact) mass is 542 g/mol. The van der Waals surface area contributed by atoms with Gasteiger partial charge in [0.25, 0.3) is 0 Å². The molecule has 0 heterocycles. The molecule has 1 N–H and O–H groups in total. The van der Waals surface area contributed by atoms with Crippen molar-refractivity contribution in [3.63, 3.8) is 0 Å². The summed E-state index contributed by atoms with van der Waals surface area (Å²) < 4.78 is 0. The van der Waals surface area contributed by atoms with Crippen LogP contribution < -0.4 is 0 Å². The van der Waals surface area contributed by atoms with Crippen LogP contribution in [-0.2, 0) is 0 Å². The summed E-state index contributed by atoms with van der Waals surface area (Å²) in [6, 6.07) is 4.77. The number of hydrogen-bond donors (Lipinski definition) is 1. The topological polar surface area (TPSA) is 20.2 Å². The van der Waals surface area contributed by atoms with Crippen LogP contribution in [0.15, 0.2) is 17.0 Å². The zero-order chi connectivity index (χ0) is 26.7. The Morgan fingerprint density at radius 3 is 1.32 bits per heavy atom. The molecule has 2 aliphatic carbocycles. The zero-order valence-electron chi connectivity index (χ0n) is 25.3. The van der Waals surface area contributed by atoms with Crippen LogP contribution in [0.5, 0.6) is 5.75 Å². The molecule has 0 unspecified atom stereocenters. The first-order chi connectivity index (χ1) is 18.8. The second-order valence-corrected chi connectivity index (χ2v) is 13.9. The Labute approximate surface area is 241 Å². The summed E-state index contributed by atoms with van der Waals surface area (Å²) in [6.07, 6.45) is 36.1. The van der Waals surface area contributed by atoms with Crippen molar-refractivity contribution in [2.45, 2.75) is 191 Å². The van der Waals surface area contributed by atoms with Crippen LogP contribution in [0.1, 0.15) is 197 Å². The van der Waals surface area contributed by atoms with Crippen molar-refractivity contribution in [1.29, 1.82) is 0 Å². The predicted molar refractivity (Wildman–Crippen MR) is 170 cm³/mol. The van der Waals surface area contributed by atoms with E-state index in [4.69, 9.17) is 0 Å². The lowest BCUT2D eigenvalue weighted by Crippen LogP contribution is -2.09. The van der Waals surface area contributed by atoms with Gasteiger partial charge in [-0.3, -0.25) is 0 Å². The minimum atomic E-state index is 0.585. The van der Waals surface area contributed by atoms with E-state index < -0.39 is 0 Å². The van der Waals surface area contributed by atoms with E-state index in [1.807, 2.05) is 0 Å². The molecule has 0 saturated heterocycles. The van der Waals surface area contributed by atoms with Gasteiger partial charge < -0.3 is 5.11 Å². The molecular formula is C36H62OS. The number of phenols is 1. The molecule has 0 spiro atoms. The lowest BCUT2D eigenvalue weighted by molar-refractivity contribution is 0.392. The number of thioether (sulfide) groups is 1. The molecule has 2 aliphatic rings. The highest BCUT2D eigenvalue weighted by Crippen LogP contribution is 2.45. The largest absolute Gasteiger partial charge is 0.507 e. The molecule has 2 fully saturated rings. The van der Waals surface area contributed by atoms with Crippen LogP contribution in [0.2, 0.25) is 0 Å². The van der Waals surface area contributed by atoms with E-state index in [0.717, 1.165) is 0 Å². The third-order valence-electron chi connectivity index (χ3n) is 9.50. The molecule has 1 aromatic rings. The van der Waals surface area contributed by atoms with Gasteiger partial charge in [0.2, 0.25) is 0 Å². The zero-order valence-corrected chi connectivity index (χ0v) is 26.1. The van der Waals surface area contributed by atoms with Crippen molar-refractivity contribution in [3.8, 4) is 5.75 Å². The number of aromatic hydroxyl groups is 1. The Kier molecular flexibility index (Phi) is 17.0. The molecule has 0 aliphatic heterocycles. The summed E-state index contributed by atoms with van der Waals surface area (Å²) >= 11 is 2.06. The highest BCUT2D eigenvalue weighted by atomic mass is 32.2. The first-order valence-corrected chi connectivity index (χ1v) is 18.3. The molecule has 2 saturated carbocycles. The van der Waals surface area contributed by atoms with Gasteiger partial charge in [-0.25, -0.2) is 0 Å². The fourth-order valence-corrected chi connectivity index (χ4v) is 8.03. The summed E-state index contributed by atoms with van der Waals surface area (Å²) in [4.78, 5) is 1.44. The maximum Gasteiger partial charge on any atom is 0.122 e. The fraction of sp³-hybridized carbons (Fsp3) is 0.833. The van der Waals surface area contributed by atoms with Crippen LogP contribution in [0, 0.1) is 0 Å². The van der Waals surface area contributed by atoms with Gasteiger partial charge in [0.15, 0.2) is 0 Å². The first-order valence-electron chi connectivity index (χ1n) is 17.3. The van der Waals surface area contributed by atoms with Crippen molar-refractivity contribution in [2.75, 3.05) is 5.75 Å². The third kappa shape index (κ3) is 12.3. The van der Waals surface area contributed by atoms with Gasteiger partial charge in [-0.05, 0) is 73.0 Å². The number of unbranched alkanes of at least 4 members (excludes halogenated alkanes) is 15. The van der Waals surface area contributed by atoms with Crippen molar-refractivity contribution in [1.82, 2.24) is 0 Å². The van der Waals surface area contributed by atoms with E-state index in [0.29, 0.717) is 17.6 Å². The van der Waals surface area contributed by atoms with E-state index >= 15 is 0 Å². The van der Waals surface area contributed by atoms with Gasteiger partial charge in [-0.15, -0.1) is 11.8 Å². The smallest absolute Gasteiger partial charge is 0.122 e. The molecule has 0 bridgehead atoms. The Balaban J connectivity index is 1.28. The molecule has 0 atom stereocenters. The Morgan fingerprint density at radius 1 is 0.553 bits per heavy atom. The summed E-state index contributed by atoms with van der Waals surface area (Å²) in [7, 11) is 0. The number of hydrogen-bond acceptors (Lipinski definition) is 2. The molecule has 1 nitrogen and oxygen atoms in total. The van der Waals surface area contributed by atoms with Gasteiger partial charge in [-0.2, -0.15) is 0 Å². The standard InChI is InChI=1S/C36H62OS/c1-2-3-4-5-6-7-8-9-10-11-12-13-14-15-16-23-28-38-33-29-34(31-24-19-17-20-25-31)36(37)35(30-33)32-26-21-18-22-27-32/h29-32,37H,2-28H2,1H3. The lowest BCUT2D eigenvalue weighted by Gasteiger charge is -2.28. The Bertz CT molecular complexity index is 677. The minimum Gasteiger partial charge on any atom is -0.507 e. The summed E-state index contributed by atoms with van der Waals surface area (Å²) in [5.41, 5.74) is 2.59. The number of rotatable bonds is 20. The van der Waals surface area contributed by atoms with E-state index in [9.17, 15) is 5.11 Å². The van der Waals surface area contributed by atoms with Crippen LogP contribution in [0.25, 0.3) is 0 Å². The molecule has 218 valence electrons. The lowest BCUT2D eigenvalue weighted by atomic mass is 9.79. The van der Waals surface area contributed by atoms with Crippen LogP contribution >= 0.6 is 11.8 Å². The van der Waals surface area contributed by atoms with Gasteiger partial charge >= 0.3 is 0 Å². The van der Waals surface area contributed by atoms with Crippen molar-refractivity contribution in [3.05, 3.63) is 23.3 Å². The second-order valence-electron chi connectivity index (χ2n) is 12.8. The molecule has 38 heavy (non-hydrogen) atoms. The van der Waals surface area contributed by atoms with Gasteiger partial charge in [0, 0.05) is 4.90 Å². The van der Waals surface area contributed by atoms with E-state index in [1.54, 1.807) is 0 Å². The normalized spacial score (nSPS) is 17.3. The summed E-state index contributed by atoms with van der Waals surface area (Å²) in [5.74, 6) is 3.08. The third-order valence-corrected chi connectivity index (χ3v) is 10.6. The van der Waals surface area contributed by atoms with Crippen LogP contribution in [0.3, 0.4) is 0 Å².